The third-order valence-corrected chi connectivity index (χ3v) is 4.94. The van der Waals surface area contributed by atoms with Crippen molar-refractivity contribution in [2.75, 3.05) is 5.32 Å². The van der Waals surface area contributed by atoms with E-state index in [9.17, 15) is 9.59 Å². The first kappa shape index (κ1) is 18.3. The quantitative estimate of drug-likeness (QED) is 0.323. The zero-order valence-electron chi connectivity index (χ0n) is 14.5. The third-order valence-electron chi connectivity index (χ3n) is 4.38. The van der Waals surface area contributed by atoms with Gasteiger partial charge in [0.2, 0.25) is 0 Å². The van der Waals surface area contributed by atoms with Gasteiger partial charge in [-0.15, -0.1) is 0 Å². The summed E-state index contributed by atoms with van der Waals surface area (Å²) in [6.45, 7) is 0. The van der Waals surface area contributed by atoms with Crippen LogP contribution in [0.15, 0.2) is 72.8 Å². The number of hydrogen-bond acceptors (Lipinski definition) is 2. The van der Waals surface area contributed by atoms with Crippen molar-refractivity contribution in [3.8, 4) is 11.3 Å². The number of anilines is 1. The molecule has 0 saturated heterocycles. The van der Waals surface area contributed by atoms with Gasteiger partial charge in [-0.05, 0) is 29.8 Å². The Kier molecular flexibility index (Phi) is 4.90. The Morgan fingerprint density at radius 1 is 0.857 bits per heavy atom. The minimum absolute atomic E-state index is 0.286. The van der Waals surface area contributed by atoms with E-state index in [0.717, 1.165) is 11.1 Å². The second kappa shape index (κ2) is 7.50. The second-order valence-corrected chi connectivity index (χ2v) is 7.04. The number of amides is 1. The fraction of sp³-hybridized carbons (Fsp3) is 0. The van der Waals surface area contributed by atoms with Crippen LogP contribution in [0.5, 0.6) is 0 Å². The number of aromatic amines is 1. The Bertz CT molecular complexity index is 1200. The molecule has 138 valence electrons. The largest absolute Gasteiger partial charge is 0.354 e. The van der Waals surface area contributed by atoms with E-state index in [0.29, 0.717) is 26.7 Å². The number of para-hydroxylation sites is 1. The lowest BCUT2D eigenvalue weighted by Gasteiger charge is -2.08. The maximum atomic E-state index is 13.1. The van der Waals surface area contributed by atoms with Crippen LogP contribution < -0.4 is 5.32 Å². The predicted octanol–water partition coefficient (Wildman–Crippen LogP) is 5.96. The molecule has 4 aromatic rings. The summed E-state index contributed by atoms with van der Waals surface area (Å²) in [4.78, 5) is 29.1. The van der Waals surface area contributed by atoms with Crippen LogP contribution in [0.3, 0.4) is 0 Å². The van der Waals surface area contributed by atoms with E-state index in [2.05, 4.69) is 10.3 Å². The predicted molar refractivity (Wildman–Crippen MR) is 113 cm³/mol. The number of carbonyl (C=O) groups excluding carboxylic acids is 2. The van der Waals surface area contributed by atoms with Crippen molar-refractivity contribution in [1.82, 2.24) is 4.98 Å². The van der Waals surface area contributed by atoms with E-state index in [1.807, 2.05) is 54.6 Å². The molecule has 4 nitrogen and oxygen atoms in total. The SMILES string of the molecule is O=C(Nc1cc(Cl)ccc1Cl)C(=O)c1c(-c2ccccc2)[nH]c2ccccc12. The maximum Gasteiger partial charge on any atom is 0.296 e. The molecule has 0 spiro atoms. The van der Waals surface area contributed by atoms with E-state index in [-0.39, 0.29) is 5.69 Å². The number of benzene rings is 3. The zero-order chi connectivity index (χ0) is 19.7. The molecule has 0 saturated carbocycles. The number of rotatable bonds is 4. The van der Waals surface area contributed by atoms with Crippen molar-refractivity contribution in [3.63, 3.8) is 0 Å². The summed E-state index contributed by atoms with van der Waals surface area (Å²) >= 11 is 12.1. The highest BCUT2D eigenvalue weighted by Gasteiger charge is 2.25. The Morgan fingerprint density at radius 2 is 1.57 bits per heavy atom. The van der Waals surface area contributed by atoms with E-state index >= 15 is 0 Å². The summed E-state index contributed by atoms with van der Waals surface area (Å²) in [6.07, 6.45) is 0. The molecule has 1 amide bonds. The minimum atomic E-state index is -0.786. The van der Waals surface area contributed by atoms with Crippen LogP contribution in [0.25, 0.3) is 22.2 Å². The summed E-state index contributed by atoms with van der Waals surface area (Å²) in [5.41, 5.74) is 2.79. The fourth-order valence-corrected chi connectivity index (χ4v) is 3.42. The molecule has 0 atom stereocenters. The fourth-order valence-electron chi connectivity index (χ4n) is 3.09. The number of hydrogen-bond donors (Lipinski definition) is 2. The van der Waals surface area contributed by atoms with Crippen molar-refractivity contribution in [2.24, 2.45) is 0 Å². The van der Waals surface area contributed by atoms with Crippen LogP contribution in [0.1, 0.15) is 10.4 Å². The Morgan fingerprint density at radius 3 is 2.36 bits per heavy atom. The van der Waals surface area contributed by atoms with Gasteiger partial charge in [0.15, 0.2) is 0 Å². The van der Waals surface area contributed by atoms with Crippen molar-refractivity contribution in [1.29, 1.82) is 0 Å². The highest BCUT2D eigenvalue weighted by atomic mass is 35.5. The molecule has 1 heterocycles. The number of carbonyl (C=O) groups is 2. The van der Waals surface area contributed by atoms with Gasteiger partial charge in [-0.3, -0.25) is 9.59 Å². The molecule has 0 aliphatic rings. The number of H-pyrrole nitrogens is 1. The highest BCUT2D eigenvalue weighted by Crippen LogP contribution is 2.31. The van der Waals surface area contributed by atoms with Crippen molar-refractivity contribution >= 4 is 51.5 Å². The van der Waals surface area contributed by atoms with Gasteiger partial charge >= 0.3 is 0 Å². The van der Waals surface area contributed by atoms with Gasteiger partial charge in [0, 0.05) is 15.9 Å². The molecule has 0 bridgehead atoms. The smallest absolute Gasteiger partial charge is 0.296 e. The molecular formula is C22H14Cl2N2O2. The number of aromatic nitrogens is 1. The third kappa shape index (κ3) is 3.40. The normalized spacial score (nSPS) is 10.8. The van der Waals surface area contributed by atoms with E-state index in [1.165, 1.54) is 6.07 Å². The molecule has 0 radical (unpaired) electrons. The Hall–Kier alpha value is -3.08. The van der Waals surface area contributed by atoms with Crippen LogP contribution >= 0.6 is 23.2 Å². The summed E-state index contributed by atoms with van der Waals surface area (Å²) in [5, 5.41) is 3.95. The average Bonchev–Trinajstić information content (AvgIpc) is 3.10. The average molecular weight is 409 g/mol. The molecule has 28 heavy (non-hydrogen) atoms. The van der Waals surface area contributed by atoms with E-state index in [1.54, 1.807) is 12.1 Å². The monoisotopic (exact) mass is 408 g/mol. The molecule has 0 unspecified atom stereocenters. The molecule has 0 aliphatic carbocycles. The molecule has 4 rings (SSSR count). The molecule has 3 aromatic carbocycles. The number of halogens is 2. The molecule has 6 heteroatoms. The van der Waals surface area contributed by atoms with Crippen LogP contribution in [0.4, 0.5) is 5.69 Å². The number of fused-ring (bicyclic) bond motifs is 1. The maximum absolute atomic E-state index is 13.1. The van der Waals surface area contributed by atoms with Gasteiger partial charge in [0.05, 0.1) is 22.0 Å². The summed E-state index contributed by atoms with van der Waals surface area (Å²) < 4.78 is 0. The molecule has 2 N–H and O–H groups in total. The van der Waals surface area contributed by atoms with E-state index in [4.69, 9.17) is 23.2 Å². The van der Waals surface area contributed by atoms with Gasteiger partial charge < -0.3 is 10.3 Å². The molecular weight excluding hydrogens is 395 g/mol. The van der Waals surface area contributed by atoms with Gasteiger partial charge in [0.1, 0.15) is 0 Å². The lowest BCUT2D eigenvalue weighted by Crippen LogP contribution is -2.23. The number of ketones is 1. The van der Waals surface area contributed by atoms with Gasteiger partial charge in [-0.2, -0.15) is 0 Å². The molecule has 0 aliphatic heterocycles. The van der Waals surface area contributed by atoms with Crippen LogP contribution in [-0.4, -0.2) is 16.7 Å². The lowest BCUT2D eigenvalue weighted by atomic mass is 10.0. The first-order chi connectivity index (χ1) is 13.5. The van der Waals surface area contributed by atoms with Crippen LogP contribution in [0, 0.1) is 0 Å². The standard InChI is InChI=1S/C22H14Cl2N2O2/c23-14-10-11-16(24)18(12-14)26-22(28)21(27)19-15-8-4-5-9-17(15)25-20(19)13-6-2-1-3-7-13/h1-12,25H,(H,26,28). The molecule has 0 fully saturated rings. The first-order valence-electron chi connectivity index (χ1n) is 8.51. The van der Waals surface area contributed by atoms with Crippen molar-refractivity contribution in [3.05, 3.63) is 88.4 Å². The van der Waals surface area contributed by atoms with Gasteiger partial charge in [-0.1, -0.05) is 71.7 Å². The van der Waals surface area contributed by atoms with Crippen molar-refractivity contribution < 1.29 is 9.59 Å². The second-order valence-electron chi connectivity index (χ2n) is 6.19. The molecule has 1 aromatic heterocycles. The number of Topliss-reactive ketones (excluding diaryl/α,β-unsaturated/α-hetero) is 1. The van der Waals surface area contributed by atoms with E-state index < -0.39 is 11.7 Å². The zero-order valence-corrected chi connectivity index (χ0v) is 16.0. The van der Waals surface area contributed by atoms with Crippen LogP contribution in [-0.2, 0) is 4.79 Å². The summed E-state index contributed by atoms with van der Waals surface area (Å²) in [6, 6.07) is 21.4. The van der Waals surface area contributed by atoms with Gasteiger partial charge in [-0.25, -0.2) is 0 Å². The summed E-state index contributed by atoms with van der Waals surface area (Å²) in [7, 11) is 0. The Balaban J connectivity index is 1.78. The van der Waals surface area contributed by atoms with Crippen molar-refractivity contribution in [2.45, 2.75) is 0 Å². The topological polar surface area (TPSA) is 62.0 Å². The highest BCUT2D eigenvalue weighted by molar-refractivity contribution is 6.50. The Labute approximate surface area is 171 Å². The number of nitrogens with one attached hydrogen (secondary N) is 2. The van der Waals surface area contributed by atoms with Gasteiger partial charge in [0.25, 0.3) is 11.7 Å². The lowest BCUT2D eigenvalue weighted by molar-refractivity contribution is -0.112. The summed E-state index contributed by atoms with van der Waals surface area (Å²) in [5.74, 6) is -1.45. The van der Waals surface area contributed by atoms with Crippen LogP contribution in [0.2, 0.25) is 10.0 Å². The first-order valence-corrected chi connectivity index (χ1v) is 9.27. The minimum Gasteiger partial charge on any atom is -0.354 e.